The van der Waals surface area contributed by atoms with Crippen molar-refractivity contribution in [3.8, 4) is 0 Å². The molecule has 0 atom stereocenters. The Morgan fingerprint density at radius 3 is 2.37 bits per heavy atom. The van der Waals surface area contributed by atoms with Gasteiger partial charge in [0.05, 0.1) is 18.2 Å². The fourth-order valence-electron chi connectivity index (χ4n) is 4.19. The largest absolute Gasteiger partial charge is 0.459 e. The number of piperazine rings is 1. The summed E-state index contributed by atoms with van der Waals surface area (Å²) in [5, 5.41) is 4.54. The number of hydrogen-bond donors (Lipinski definition) is 0. The summed E-state index contributed by atoms with van der Waals surface area (Å²) in [6.45, 7) is 5.78. The number of amides is 2. The molecule has 9 nitrogen and oxygen atoms in total. The highest BCUT2D eigenvalue weighted by molar-refractivity contribution is 5.95. The van der Waals surface area contributed by atoms with Crippen LogP contribution in [-0.4, -0.2) is 75.5 Å². The van der Waals surface area contributed by atoms with E-state index < -0.39 is 0 Å². The molecule has 5 heterocycles. The Morgan fingerprint density at radius 2 is 1.70 bits per heavy atom. The minimum atomic E-state index is -0.142. The van der Waals surface area contributed by atoms with E-state index in [2.05, 4.69) is 10.00 Å². The Kier molecular flexibility index (Phi) is 4.65. The van der Waals surface area contributed by atoms with Crippen LogP contribution in [0.4, 0.5) is 5.82 Å². The van der Waals surface area contributed by atoms with Crippen LogP contribution in [0.3, 0.4) is 0 Å². The first-order valence-electron chi connectivity index (χ1n) is 10.3. The van der Waals surface area contributed by atoms with Gasteiger partial charge in [-0.3, -0.25) is 9.59 Å². The molecule has 0 unspecified atom stereocenters. The fourth-order valence-corrected chi connectivity index (χ4v) is 4.19. The van der Waals surface area contributed by atoms with Crippen LogP contribution in [0.1, 0.15) is 39.6 Å². The lowest BCUT2D eigenvalue weighted by molar-refractivity contribution is 0.0515. The molecule has 3 aromatic heterocycles. The molecular weight excluding hydrogens is 384 g/mol. The van der Waals surface area contributed by atoms with Gasteiger partial charge in [-0.25, -0.2) is 9.50 Å². The normalized spacial score (nSPS) is 17.2. The third-order valence-corrected chi connectivity index (χ3v) is 5.77. The lowest BCUT2D eigenvalue weighted by Gasteiger charge is -2.33. The first-order chi connectivity index (χ1) is 14.6. The molecule has 0 N–H and O–H groups in total. The van der Waals surface area contributed by atoms with Crippen LogP contribution in [-0.2, 0) is 0 Å². The second kappa shape index (κ2) is 7.47. The van der Waals surface area contributed by atoms with Crippen molar-refractivity contribution >= 4 is 23.1 Å². The Balaban J connectivity index is 1.33. The molecule has 2 aliphatic rings. The molecule has 30 heavy (non-hydrogen) atoms. The van der Waals surface area contributed by atoms with Crippen molar-refractivity contribution in [2.45, 2.75) is 19.8 Å². The SMILES string of the molecule is Cc1cn2nc(C(=O)N3CCN(C(=O)c4ccco4)CC3)cc2c(N2CCCC2)n1. The van der Waals surface area contributed by atoms with Crippen LogP contribution < -0.4 is 4.90 Å². The fraction of sp³-hybridized carbons (Fsp3) is 0.429. The minimum absolute atomic E-state index is 0.117. The number of fused-ring (bicyclic) bond motifs is 1. The van der Waals surface area contributed by atoms with Gasteiger partial charge in [0, 0.05) is 45.3 Å². The molecule has 0 spiro atoms. The highest BCUT2D eigenvalue weighted by Crippen LogP contribution is 2.25. The molecule has 3 aromatic rings. The second-order valence-electron chi connectivity index (χ2n) is 7.82. The zero-order valence-corrected chi connectivity index (χ0v) is 17.0. The molecule has 2 fully saturated rings. The van der Waals surface area contributed by atoms with Crippen LogP contribution >= 0.6 is 0 Å². The van der Waals surface area contributed by atoms with Crippen LogP contribution in [0.15, 0.2) is 35.1 Å². The Morgan fingerprint density at radius 1 is 1.00 bits per heavy atom. The maximum Gasteiger partial charge on any atom is 0.289 e. The molecule has 0 aromatic carbocycles. The van der Waals surface area contributed by atoms with Crippen LogP contribution in [0.2, 0.25) is 0 Å². The number of nitrogens with zero attached hydrogens (tertiary/aromatic N) is 6. The van der Waals surface area contributed by atoms with E-state index >= 15 is 0 Å². The number of aromatic nitrogens is 3. The molecular formula is C21H24N6O3. The van der Waals surface area contributed by atoms with E-state index in [1.54, 1.807) is 26.4 Å². The van der Waals surface area contributed by atoms with Crippen LogP contribution in [0.5, 0.6) is 0 Å². The van der Waals surface area contributed by atoms with Gasteiger partial charge in [-0.2, -0.15) is 5.10 Å². The quantitative estimate of drug-likeness (QED) is 0.657. The van der Waals surface area contributed by atoms with Crippen molar-refractivity contribution in [3.63, 3.8) is 0 Å². The summed E-state index contributed by atoms with van der Waals surface area (Å²) >= 11 is 0. The summed E-state index contributed by atoms with van der Waals surface area (Å²) < 4.78 is 6.96. The van der Waals surface area contributed by atoms with Crippen molar-refractivity contribution in [3.05, 3.63) is 47.8 Å². The van der Waals surface area contributed by atoms with Gasteiger partial charge >= 0.3 is 0 Å². The molecule has 2 amide bonds. The molecule has 0 bridgehead atoms. The van der Waals surface area contributed by atoms with Crippen molar-refractivity contribution in [2.24, 2.45) is 0 Å². The number of carbonyl (C=O) groups excluding carboxylic acids is 2. The average Bonchev–Trinajstić information content (AvgIpc) is 3.53. The third-order valence-electron chi connectivity index (χ3n) is 5.77. The highest BCUT2D eigenvalue weighted by atomic mass is 16.3. The zero-order valence-electron chi connectivity index (χ0n) is 17.0. The summed E-state index contributed by atoms with van der Waals surface area (Å²) in [6.07, 6.45) is 5.65. The van der Waals surface area contributed by atoms with Gasteiger partial charge in [0.25, 0.3) is 11.8 Å². The minimum Gasteiger partial charge on any atom is -0.459 e. The molecule has 156 valence electrons. The van der Waals surface area contributed by atoms with E-state index in [0.29, 0.717) is 37.6 Å². The number of rotatable bonds is 3. The van der Waals surface area contributed by atoms with Gasteiger partial charge in [0.2, 0.25) is 0 Å². The highest BCUT2D eigenvalue weighted by Gasteiger charge is 2.28. The van der Waals surface area contributed by atoms with Gasteiger partial charge in [0.1, 0.15) is 5.52 Å². The molecule has 0 radical (unpaired) electrons. The smallest absolute Gasteiger partial charge is 0.289 e. The molecule has 0 aliphatic carbocycles. The van der Waals surface area contributed by atoms with E-state index in [1.807, 2.05) is 19.2 Å². The van der Waals surface area contributed by atoms with E-state index in [0.717, 1.165) is 43.0 Å². The van der Waals surface area contributed by atoms with Gasteiger partial charge in [0.15, 0.2) is 17.3 Å². The zero-order chi connectivity index (χ0) is 20.7. The van der Waals surface area contributed by atoms with Crippen LogP contribution in [0.25, 0.3) is 5.52 Å². The maximum atomic E-state index is 13.1. The second-order valence-corrected chi connectivity index (χ2v) is 7.82. The predicted molar refractivity (Wildman–Crippen MR) is 110 cm³/mol. The molecule has 5 rings (SSSR count). The lowest BCUT2D eigenvalue weighted by atomic mass is 10.2. The topological polar surface area (TPSA) is 87.2 Å². The van der Waals surface area contributed by atoms with Crippen molar-refractivity contribution < 1.29 is 14.0 Å². The van der Waals surface area contributed by atoms with Crippen molar-refractivity contribution in [1.82, 2.24) is 24.4 Å². The van der Waals surface area contributed by atoms with E-state index in [-0.39, 0.29) is 11.8 Å². The van der Waals surface area contributed by atoms with Gasteiger partial charge < -0.3 is 19.1 Å². The third kappa shape index (κ3) is 3.30. The summed E-state index contributed by atoms with van der Waals surface area (Å²) in [4.78, 5) is 35.9. The average molecular weight is 408 g/mol. The number of furan rings is 1. The van der Waals surface area contributed by atoms with Crippen molar-refractivity contribution in [2.75, 3.05) is 44.2 Å². The number of anilines is 1. The van der Waals surface area contributed by atoms with Gasteiger partial charge in [-0.05, 0) is 31.9 Å². The van der Waals surface area contributed by atoms with E-state index in [1.165, 1.54) is 6.26 Å². The van der Waals surface area contributed by atoms with Gasteiger partial charge in [-0.15, -0.1) is 0 Å². The first kappa shape index (κ1) is 18.7. The Hall–Kier alpha value is -3.36. The molecule has 9 heteroatoms. The predicted octanol–water partition coefficient (Wildman–Crippen LogP) is 1.83. The maximum absolute atomic E-state index is 13.1. The first-order valence-corrected chi connectivity index (χ1v) is 10.3. The standard InChI is InChI=1S/C21H24N6O3/c1-15-14-27-17(19(22-15)24-6-2-3-7-24)13-16(23-27)20(28)25-8-10-26(11-9-25)21(29)18-5-4-12-30-18/h4-5,12-14H,2-3,6-11H2,1H3. The summed E-state index contributed by atoms with van der Waals surface area (Å²) in [7, 11) is 0. The monoisotopic (exact) mass is 408 g/mol. The van der Waals surface area contributed by atoms with Crippen molar-refractivity contribution in [1.29, 1.82) is 0 Å². The van der Waals surface area contributed by atoms with E-state index in [4.69, 9.17) is 9.40 Å². The summed E-state index contributed by atoms with van der Waals surface area (Å²) in [5.41, 5.74) is 2.14. The Labute approximate surface area is 173 Å². The summed E-state index contributed by atoms with van der Waals surface area (Å²) in [5.74, 6) is 0.964. The Bertz CT molecular complexity index is 1080. The van der Waals surface area contributed by atoms with E-state index in [9.17, 15) is 9.59 Å². The van der Waals surface area contributed by atoms with Gasteiger partial charge in [-0.1, -0.05) is 0 Å². The molecule has 2 saturated heterocycles. The van der Waals surface area contributed by atoms with Crippen LogP contribution in [0, 0.1) is 6.92 Å². The number of aryl methyl sites for hydroxylation is 1. The molecule has 2 aliphatic heterocycles. The number of hydrogen-bond acceptors (Lipinski definition) is 6. The summed E-state index contributed by atoms with van der Waals surface area (Å²) in [6, 6.07) is 5.19. The lowest BCUT2D eigenvalue weighted by Crippen LogP contribution is -2.50. The molecule has 0 saturated carbocycles. The number of carbonyl (C=O) groups is 2.